The minimum Gasteiger partial charge on any atom is -0.398 e. The maximum Gasteiger partial charge on any atom is 0.0423 e. The molecule has 0 aliphatic heterocycles. The number of fused-ring (bicyclic) bond motifs is 2. The quantitative estimate of drug-likeness (QED) is 0.661. The van der Waals surface area contributed by atoms with Gasteiger partial charge >= 0.3 is 0 Å². The van der Waals surface area contributed by atoms with Crippen molar-refractivity contribution in [3.63, 3.8) is 0 Å². The van der Waals surface area contributed by atoms with Crippen LogP contribution in [0.3, 0.4) is 0 Å². The molecule has 2 aromatic rings. The number of hydrogen-bond acceptors (Lipinski definition) is 1. The van der Waals surface area contributed by atoms with Gasteiger partial charge in [0.1, 0.15) is 0 Å². The number of anilines is 1. The molecule has 3 rings (SSSR count). The van der Waals surface area contributed by atoms with E-state index in [2.05, 4.69) is 43.3 Å². The Morgan fingerprint density at radius 2 is 1.69 bits per heavy atom. The molecule has 0 bridgehead atoms. The number of nitrogens with two attached hydrogens (primary N) is 1. The Morgan fingerprint density at radius 3 is 2.44 bits per heavy atom. The minimum atomic E-state index is 0.916. The predicted octanol–water partition coefficient (Wildman–Crippen LogP) is 2.09. The molecule has 1 aliphatic rings. The first-order valence-electron chi connectivity index (χ1n) is 5.75. The highest BCUT2D eigenvalue weighted by Crippen LogP contribution is 2.22. The molecule has 16 heavy (non-hydrogen) atoms. The monoisotopic (exact) mass is 209 g/mol. The van der Waals surface area contributed by atoms with Crippen LogP contribution in [-0.2, 0) is 0 Å². The Labute approximate surface area is 94.9 Å². The molecule has 0 spiro atoms. The lowest BCUT2D eigenvalue weighted by Crippen LogP contribution is -2.26. The van der Waals surface area contributed by atoms with Gasteiger partial charge in [0.15, 0.2) is 0 Å². The van der Waals surface area contributed by atoms with Crippen LogP contribution in [-0.4, -0.2) is 0 Å². The van der Waals surface area contributed by atoms with Crippen molar-refractivity contribution in [2.24, 2.45) is 0 Å². The number of rotatable bonds is 0. The van der Waals surface area contributed by atoms with Crippen LogP contribution in [0.2, 0.25) is 0 Å². The van der Waals surface area contributed by atoms with E-state index in [4.69, 9.17) is 5.73 Å². The summed E-state index contributed by atoms with van der Waals surface area (Å²) in [6.45, 7) is 2.06. The average Bonchev–Trinajstić information content (AvgIpc) is 2.32. The smallest absolute Gasteiger partial charge is 0.0423 e. The van der Waals surface area contributed by atoms with Crippen LogP contribution >= 0.6 is 0 Å². The van der Waals surface area contributed by atoms with E-state index < -0.39 is 0 Å². The van der Waals surface area contributed by atoms with Gasteiger partial charge in [0.25, 0.3) is 0 Å². The van der Waals surface area contributed by atoms with Crippen LogP contribution in [0.15, 0.2) is 24.3 Å². The van der Waals surface area contributed by atoms with Crippen LogP contribution in [0, 0.1) is 6.92 Å². The summed E-state index contributed by atoms with van der Waals surface area (Å²) in [4.78, 5) is 0. The molecule has 1 heteroatoms. The maximum atomic E-state index is 6.13. The Kier molecular flexibility index (Phi) is 2.00. The molecule has 0 radical (unpaired) electrons. The van der Waals surface area contributed by atoms with Gasteiger partial charge in [0.05, 0.1) is 0 Å². The highest BCUT2D eigenvalue weighted by atomic mass is 14.6. The molecule has 0 fully saturated rings. The van der Waals surface area contributed by atoms with Crippen molar-refractivity contribution in [1.29, 1.82) is 0 Å². The summed E-state index contributed by atoms with van der Waals surface area (Å²) >= 11 is 0. The molecule has 2 N–H and O–H groups in total. The fourth-order valence-corrected chi connectivity index (χ4v) is 2.37. The molecule has 0 atom stereocenters. The third-order valence-corrected chi connectivity index (χ3v) is 3.38. The maximum absolute atomic E-state index is 6.13. The fraction of sp³-hybridized carbons (Fsp3) is 0.200. The second kappa shape index (κ2) is 3.38. The lowest BCUT2D eigenvalue weighted by atomic mass is 10.00. The summed E-state index contributed by atoms with van der Waals surface area (Å²) in [5.74, 6) is 0. The van der Waals surface area contributed by atoms with Crippen molar-refractivity contribution in [3.8, 4) is 0 Å². The summed E-state index contributed by atoms with van der Waals surface area (Å²) in [5, 5.41) is 5.11. The van der Waals surface area contributed by atoms with Crippen molar-refractivity contribution >= 4 is 28.6 Å². The van der Waals surface area contributed by atoms with Crippen LogP contribution in [0.4, 0.5) is 5.69 Å². The van der Waals surface area contributed by atoms with Crippen molar-refractivity contribution in [2.75, 3.05) is 5.73 Å². The molecule has 1 nitrogen and oxygen atoms in total. The largest absolute Gasteiger partial charge is 0.398 e. The van der Waals surface area contributed by atoms with Gasteiger partial charge in [-0.3, -0.25) is 0 Å². The Hall–Kier alpha value is -1.76. The Balaban J connectivity index is 2.51. The molecular formula is C15H15N. The van der Waals surface area contributed by atoms with E-state index in [9.17, 15) is 0 Å². The highest BCUT2D eigenvalue weighted by Gasteiger charge is 2.02. The Morgan fingerprint density at radius 1 is 1.00 bits per heavy atom. The molecular weight excluding hydrogens is 194 g/mol. The second-order valence-electron chi connectivity index (χ2n) is 4.48. The van der Waals surface area contributed by atoms with Crippen molar-refractivity contribution in [2.45, 2.75) is 19.8 Å². The summed E-state index contributed by atoms with van der Waals surface area (Å²) in [5.41, 5.74) is 8.20. The molecule has 1 aliphatic carbocycles. The van der Waals surface area contributed by atoms with Gasteiger partial charge in [-0.25, -0.2) is 0 Å². The molecule has 0 saturated heterocycles. The van der Waals surface area contributed by atoms with Crippen molar-refractivity contribution < 1.29 is 0 Å². The number of aryl methyl sites for hydroxylation is 1. The van der Waals surface area contributed by atoms with Crippen molar-refractivity contribution in [1.82, 2.24) is 0 Å². The lowest BCUT2D eigenvalue weighted by Gasteiger charge is -2.07. The van der Waals surface area contributed by atoms with E-state index in [0.717, 1.165) is 24.1 Å². The molecule has 80 valence electrons. The van der Waals surface area contributed by atoms with E-state index in [1.807, 2.05) is 0 Å². The minimum absolute atomic E-state index is 0.916. The van der Waals surface area contributed by atoms with Crippen LogP contribution in [0.5, 0.6) is 0 Å². The van der Waals surface area contributed by atoms with E-state index in [1.54, 1.807) is 0 Å². The van der Waals surface area contributed by atoms with Gasteiger partial charge in [-0.1, -0.05) is 24.3 Å². The van der Waals surface area contributed by atoms with Crippen molar-refractivity contribution in [3.05, 3.63) is 40.3 Å². The normalized spacial score (nSPS) is 14.1. The standard InChI is InChI=1S/C15H15N/c1-10-6-7-13-8-11-4-2-3-5-12(11)9-14(13)15(10)16/h4-9H,2-3,16H2,1H3. The first-order valence-corrected chi connectivity index (χ1v) is 5.75. The summed E-state index contributed by atoms with van der Waals surface area (Å²) in [6.07, 6.45) is 6.91. The number of nitrogen functional groups attached to an aromatic ring is 1. The van der Waals surface area contributed by atoms with Gasteiger partial charge in [-0.2, -0.15) is 0 Å². The van der Waals surface area contributed by atoms with E-state index in [0.29, 0.717) is 0 Å². The topological polar surface area (TPSA) is 26.0 Å². The SMILES string of the molecule is Cc1ccc2cc3c(cc2c1N)=CCCC=3. The van der Waals surface area contributed by atoms with E-state index in [1.165, 1.54) is 21.2 Å². The lowest BCUT2D eigenvalue weighted by molar-refractivity contribution is 1.12. The Bertz CT molecular complexity index is 681. The zero-order chi connectivity index (χ0) is 11.1. The average molecular weight is 209 g/mol. The van der Waals surface area contributed by atoms with Gasteiger partial charge in [-0.05, 0) is 53.3 Å². The zero-order valence-electron chi connectivity index (χ0n) is 9.46. The third kappa shape index (κ3) is 1.32. The molecule has 2 aromatic carbocycles. The summed E-state index contributed by atoms with van der Waals surface area (Å²) in [7, 11) is 0. The first-order chi connectivity index (χ1) is 7.75. The summed E-state index contributed by atoms with van der Waals surface area (Å²) in [6, 6.07) is 8.72. The third-order valence-electron chi connectivity index (χ3n) is 3.38. The second-order valence-corrected chi connectivity index (χ2v) is 4.48. The first kappa shape index (κ1) is 9.46. The van der Waals surface area contributed by atoms with Gasteiger partial charge in [0.2, 0.25) is 0 Å². The van der Waals surface area contributed by atoms with Crippen LogP contribution in [0.1, 0.15) is 18.4 Å². The van der Waals surface area contributed by atoms with Gasteiger partial charge < -0.3 is 5.73 Å². The fourth-order valence-electron chi connectivity index (χ4n) is 2.37. The predicted molar refractivity (Wildman–Crippen MR) is 70.5 cm³/mol. The van der Waals surface area contributed by atoms with E-state index >= 15 is 0 Å². The van der Waals surface area contributed by atoms with Gasteiger partial charge in [0, 0.05) is 11.1 Å². The number of benzene rings is 2. The van der Waals surface area contributed by atoms with Crippen LogP contribution in [0.25, 0.3) is 22.9 Å². The van der Waals surface area contributed by atoms with Gasteiger partial charge in [-0.15, -0.1) is 0 Å². The van der Waals surface area contributed by atoms with Crippen LogP contribution < -0.4 is 16.2 Å². The molecule has 0 saturated carbocycles. The molecule has 0 unspecified atom stereocenters. The molecule has 0 heterocycles. The summed E-state index contributed by atoms with van der Waals surface area (Å²) < 4.78 is 0. The number of hydrogen-bond donors (Lipinski definition) is 1. The van der Waals surface area contributed by atoms with E-state index in [-0.39, 0.29) is 0 Å². The molecule has 0 amide bonds. The molecule has 0 aromatic heterocycles. The zero-order valence-corrected chi connectivity index (χ0v) is 9.46. The highest BCUT2D eigenvalue weighted by molar-refractivity contribution is 5.94.